The molecule has 0 aromatic rings. The highest BCUT2D eigenvalue weighted by Gasteiger charge is 2.43. The second-order valence-corrected chi connectivity index (χ2v) is 10.1. The van der Waals surface area contributed by atoms with Crippen LogP contribution in [0.5, 0.6) is 0 Å². The summed E-state index contributed by atoms with van der Waals surface area (Å²) < 4.78 is 43.2. The number of alkyl halides is 3. The van der Waals surface area contributed by atoms with Gasteiger partial charge in [0, 0.05) is 14.1 Å². The molecule has 13 heteroatoms. The lowest BCUT2D eigenvalue weighted by atomic mass is 9.86. The van der Waals surface area contributed by atoms with Gasteiger partial charge in [-0.2, -0.15) is 13.2 Å². The van der Waals surface area contributed by atoms with Crippen LogP contribution in [0.1, 0.15) is 54.9 Å². The molecule has 196 valence electrons. The van der Waals surface area contributed by atoms with Gasteiger partial charge in [0.2, 0.25) is 17.7 Å². The van der Waals surface area contributed by atoms with Crippen molar-refractivity contribution >= 4 is 29.6 Å². The molecule has 0 aromatic carbocycles. The molecule has 10 nitrogen and oxygen atoms in total. The summed E-state index contributed by atoms with van der Waals surface area (Å²) in [5, 5.41) is 6.59. The van der Waals surface area contributed by atoms with E-state index in [-0.39, 0.29) is 0 Å². The third kappa shape index (κ3) is 10.8. The van der Waals surface area contributed by atoms with E-state index in [1.54, 1.807) is 41.5 Å². The number of hydrogen-bond acceptors (Lipinski definition) is 6. The zero-order valence-electron chi connectivity index (χ0n) is 21.0. The van der Waals surface area contributed by atoms with Crippen LogP contribution in [0.4, 0.5) is 18.0 Å². The van der Waals surface area contributed by atoms with Gasteiger partial charge in [0.1, 0.15) is 17.7 Å². The van der Waals surface area contributed by atoms with Gasteiger partial charge in [0.25, 0.3) is 5.78 Å². The van der Waals surface area contributed by atoms with Crippen molar-refractivity contribution < 1.29 is 41.9 Å². The summed E-state index contributed by atoms with van der Waals surface area (Å²) in [5.74, 6) is -4.84. The largest absolute Gasteiger partial charge is 0.452 e. The molecule has 0 heterocycles. The van der Waals surface area contributed by atoms with Gasteiger partial charge in [-0.3, -0.25) is 19.2 Å². The van der Waals surface area contributed by atoms with Crippen molar-refractivity contribution in [3.8, 4) is 0 Å². The minimum absolute atomic E-state index is 0.596. The SMILES string of the molecule is CC(NC(=O)[C@H](CC(=O)N(C)C)NC(=O)[C@@H](NC(=O)OC(C)(C)C)C(C)(C)C)C(=O)C(F)(F)F. The summed E-state index contributed by atoms with van der Waals surface area (Å²) in [4.78, 5) is 62.5. The van der Waals surface area contributed by atoms with Gasteiger partial charge in [-0.25, -0.2) is 4.79 Å². The number of amides is 4. The lowest BCUT2D eigenvalue weighted by molar-refractivity contribution is -0.173. The first-order valence-corrected chi connectivity index (χ1v) is 10.5. The van der Waals surface area contributed by atoms with E-state index >= 15 is 0 Å². The number of nitrogens with one attached hydrogen (secondary N) is 3. The van der Waals surface area contributed by atoms with E-state index in [0.717, 1.165) is 11.8 Å². The van der Waals surface area contributed by atoms with Crippen molar-refractivity contribution in [2.75, 3.05) is 14.1 Å². The highest BCUT2D eigenvalue weighted by atomic mass is 19.4. The van der Waals surface area contributed by atoms with Crippen LogP contribution < -0.4 is 16.0 Å². The van der Waals surface area contributed by atoms with Gasteiger partial charge in [-0.05, 0) is 33.1 Å². The van der Waals surface area contributed by atoms with Crippen molar-refractivity contribution in [2.45, 2.75) is 84.8 Å². The van der Waals surface area contributed by atoms with Crippen LogP contribution in [-0.2, 0) is 23.9 Å². The minimum atomic E-state index is -5.18. The molecule has 3 atom stereocenters. The predicted octanol–water partition coefficient (Wildman–Crippen LogP) is 1.53. The molecular weight excluding hydrogens is 461 g/mol. The van der Waals surface area contributed by atoms with Gasteiger partial charge in [0.15, 0.2) is 0 Å². The fourth-order valence-electron chi connectivity index (χ4n) is 2.55. The minimum Gasteiger partial charge on any atom is -0.444 e. The smallest absolute Gasteiger partial charge is 0.444 e. The molecule has 0 saturated heterocycles. The first kappa shape index (κ1) is 31.1. The van der Waals surface area contributed by atoms with Gasteiger partial charge in [-0.15, -0.1) is 0 Å². The monoisotopic (exact) mass is 496 g/mol. The number of alkyl carbamates (subject to hydrolysis) is 1. The maximum absolute atomic E-state index is 13.0. The average molecular weight is 497 g/mol. The van der Waals surface area contributed by atoms with E-state index in [4.69, 9.17) is 4.74 Å². The molecule has 0 fully saturated rings. The standard InChI is InChI=1S/C21H35F3N4O6/c1-11(15(30)21(22,23)24)25-16(31)12(10-13(29)28(8)9)26-17(32)14(19(2,3)4)27-18(33)34-20(5,6)7/h11-12,14H,10H2,1-9H3,(H,25,31)(H,26,32)(H,27,33)/t11?,12-,14+/m0/s1. The lowest BCUT2D eigenvalue weighted by Crippen LogP contribution is -2.60. The first-order valence-electron chi connectivity index (χ1n) is 10.5. The number of ketones is 1. The molecule has 0 saturated carbocycles. The fourth-order valence-corrected chi connectivity index (χ4v) is 2.55. The number of ether oxygens (including phenoxy) is 1. The Labute approximate surface area is 197 Å². The quantitative estimate of drug-likeness (QED) is 0.467. The van der Waals surface area contributed by atoms with Crippen LogP contribution in [0.25, 0.3) is 0 Å². The Balaban J connectivity index is 5.78. The number of hydrogen-bond donors (Lipinski definition) is 3. The maximum Gasteiger partial charge on any atom is 0.452 e. The van der Waals surface area contributed by atoms with Crippen LogP contribution in [0, 0.1) is 5.41 Å². The van der Waals surface area contributed by atoms with Crippen molar-refractivity contribution in [3.05, 3.63) is 0 Å². The average Bonchev–Trinajstić information content (AvgIpc) is 2.61. The van der Waals surface area contributed by atoms with Gasteiger partial charge < -0.3 is 25.6 Å². The van der Waals surface area contributed by atoms with Crippen molar-refractivity contribution in [1.82, 2.24) is 20.9 Å². The van der Waals surface area contributed by atoms with Crippen molar-refractivity contribution in [3.63, 3.8) is 0 Å². The number of carbonyl (C=O) groups excluding carboxylic acids is 5. The number of rotatable bonds is 8. The molecule has 3 N–H and O–H groups in total. The zero-order chi connectivity index (χ0) is 27.2. The summed E-state index contributed by atoms with van der Waals surface area (Å²) in [5.41, 5.74) is -1.74. The molecule has 0 aliphatic carbocycles. The summed E-state index contributed by atoms with van der Waals surface area (Å²) in [6.45, 7) is 10.6. The van der Waals surface area contributed by atoms with Crippen LogP contribution in [0.3, 0.4) is 0 Å². The maximum atomic E-state index is 13.0. The summed E-state index contributed by atoms with van der Waals surface area (Å²) in [6.07, 6.45) is -6.68. The Morgan fingerprint density at radius 2 is 1.35 bits per heavy atom. The van der Waals surface area contributed by atoms with Crippen LogP contribution in [0.15, 0.2) is 0 Å². The van der Waals surface area contributed by atoms with Crippen molar-refractivity contribution in [2.24, 2.45) is 5.41 Å². The fraction of sp³-hybridized carbons (Fsp3) is 0.762. The Bertz CT molecular complexity index is 785. The third-order valence-corrected chi connectivity index (χ3v) is 4.33. The zero-order valence-corrected chi connectivity index (χ0v) is 21.0. The number of nitrogens with zero attached hydrogens (tertiary/aromatic N) is 1. The van der Waals surface area contributed by atoms with E-state index in [0.29, 0.717) is 0 Å². The topological polar surface area (TPSA) is 134 Å². The van der Waals surface area contributed by atoms with Gasteiger partial charge in [0.05, 0.1) is 12.5 Å². The summed E-state index contributed by atoms with van der Waals surface area (Å²) >= 11 is 0. The summed E-state index contributed by atoms with van der Waals surface area (Å²) in [7, 11) is 2.77. The number of halogens is 3. The summed E-state index contributed by atoms with van der Waals surface area (Å²) in [6, 6.07) is -4.79. The van der Waals surface area contributed by atoms with E-state index in [1.165, 1.54) is 14.1 Å². The third-order valence-electron chi connectivity index (χ3n) is 4.33. The molecule has 0 radical (unpaired) electrons. The Kier molecular flexibility index (Phi) is 10.5. The van der Waals surface area contributed by atoms with Crippen LogP contribution >= 0.6 is 0 Å². The molecule has 34 heavy (non-hydrogen) atoms. The Morgan fingerprint density at radius 3 is 1.74 bits per heavy atom. The first-order chi connectivity index (χ1) is 15.1. The van der Waals surface area contributed by atoms with Crippen LogP contribution in [0.2, 0.25) is 0 Å². The lowest BCUT2D eigenvalue weighted by Gasteiger charge is -2.32. The number of carbonyl (C=O) groups is 5. The molecule has 0 bridgehead atoms. The predicted molar refractivity (Wildman–Crippen MR) is 117 cm³/mol. The molecule has 0 aromatic heterocycles. The Hall–Kier alpha value is -2.86. The van der Waals surface area contributed by atoms with E-state index in [9.17, 15) is 37.1 Å². The molecule has 0 aliphatic heterocycles. The highest BCUT2D eigenvalue weighted by molar-refractivity contribution is 5.97. The molecule has 0 spiro atoms. The number of Topliss-reactive ketones (excluding diaryl/α,β-unsaturated/α-hetero) is 1. The van der Waals surface area contributed by atoms with E-state index in [2.05, 4.69) is 10.6 Å². The van der Waals surface area contributed by atoms with Crippen molar-refractivity contribution in [1.29, 1.82) is 0 Å². The second-order valence-electron chi connectivity index (χ2n) is 10.1. The molecule has 1 unspecified atom stereocenters. The molecule has 0 rings (SSSR count). The molecule has 0 aliphatic rings. The molecule has 4 amide bonds. The highest BCUT2D eigenvalue weighted by Crippen LogP contribution is 2.21. The second kappa shape index (κ2) is 11.5. The van der Waals surface area contributed by atoms with E-state index in [1.807, 2.05) is 5.32 Å². The van der Waals surface area contributed by atoms with Gasteiger partial charge in [-0.1, -0.05) is 20.8 Å². The van der Waals surface area contributed by atoms with Crippen LogP contribution in [-0.4, -0.2) is 78.5 Å². The Morgan fingerprint density at radius 1 is 0.853 bits per heavy atom. The van der Waals surface area contributed by atoms with Gasteiger partial charge >= 0.3 is 12.3 Å². The molecular formula is C21H35F3N4O6. The normalized spacial score (nSPS) is 14.8. The van der Waals surface area contributed by atoms with E-state index < -0.39 is 71.3 Å².